The summed E-state index contributed by atoms with van der Waals surface area (Å²) < 4.78 is 7.87. The van der Waals surface area contributed by atoms with Crippen molar-refractivity contribution >= 4 is 0 Å². The molecule has 0 fully saturated rings. The van der Waals surface area contributed by atoms with Crippen molar-refractivity contribution < 1.29 is 4.42 Å². The molecule has 0 atom stereocenters. The van der Waals surface area contributed by atoms with Crippen LogP contribution in [-0.2, 0) is 19.6 Å². The second kappa shape index (κ2) is 8.76. The van der Waals surface area contributed by atoms with Crippen molar-refractivity contribution in [2.24, 2.45) is 0 Å². The maximum absolute atomic E-state index is 5.77. The zero-order valence-corrected chi connectivity index (χ0v) is 15.8. The maximum atomic E-state index is 5.77. The minimum atomic E-state index is 0.349. The number of aromatic nitrogens is 4. The highest BCUT2D eigenvalue weighted by Gasteiger charge is 2.11. The second-order valence-electron chi connectivity index (χ2n) is 6.98. The number of nitrogens with zero attached hydrogens (tertiary/aromatic N) is 5. The van der Waals surface area contributed by atoms with Gasteiger partial charge >= 0.3 is 0 Å². The van der Waals surface area contributed by atoms with E-state index in [1.165, 1.54) is 0 Å². The van der Waals surface area contributed by atoms with Crippen LogP contribution in [-0.4, -0.2) is 31.0 Å². The predicted molar refractivity (Wildman–Crippen MR) is 101 cm³/mol. The Morgan fingerprint density at radius 2 is 1.96 bits per heavy atom. The van der Waals surface area contributed by atoms with E-state index in [-0.39, 0.29) is 0 Å². The van der Waals surface area contributed by atoms with Gasteiger partial charge in [0.05, 0.1) is 12.9 Å². The van der Waals surface area contributed by atoms with Crippen LogP contribution in [0.3, 0.4) is 0 Å². The second-order valence-corrected chi connectivity index (χ2v) is 6.98. The maximum Gasteiger partial charge on any atom is 0.130 e. The molecule has 3 rings (SSSR count). The number of imidazole rings is 1. The molecule has 3 heterocycles. The summed E-state index contributed by atoms with van der Waals surface area (Å²) in [5.41, 5.74) is 1.13. The number of hydrogen-bond acceptors (Lipinski definition) is 5. The highest BCUT2D eigenvalue weighted by Crippen LogP contribution is 2.14. The van der Waals surface area contributed by atoms with Crippen LogP contribution in [0.25, 0.3) is 0 Å². The van der Waals surface area contributed by atoms with Crippen molar-refractivity contribution in [1.29, 1.82) is 0 Å². The van der Waals surface area contributed by atoms with Gasteiger partial charge in [0.25, 0.3) is 0 Å². The summed E-state index contributed by atoms with van der Waals surface area (Å²) in [5.74, 6) is 3.18. The van der Waals surface area contributed by atoms with E-state index in [1.54, 1.807) is 0 Å². The van der Waals surface area contributed by atoms with Gasteiger partial charge in [0.1, 0.15) is 17.3 Å². The molecule has 3 aromatic heterocycles. The van der Waals surface area contributed by atoms with Gasteiger partial charge < -0.3 is 8.98 Å². The lowest BCUT2D eigenvalue weighted by molar-refractivity contribution is 0.227. The normalized spacial score (nSPS) is 11.6. The minimum Gasteiger partial charge on any atom is -0.465 e. The Morgan fingerprint density at radius 1 is 1.15 bits per heavy atom. The molecule has 138 valence electrons. The first kappa shape index (κ1) is 18.3. The number of aryl methyl sites for hydroxylation is 2. The fraction of sp³-hybridized carbons (Fsp3) is 0.450. The number of furan rings is 1. The lowest BCUT2D eigenvalue weighted by Gasteiger charge is -2.21. The lowest BCUT2D eigenvalue weighted by Crippen LogP contribution is -2.25. The van der Waals surface area contributed by atoms with Crippen LogP contribution in [0.1, 0.15) is 49.1 Å². The molecular formula is C20H27N5O. The van der Waals surface area contributed by atoms with Crippen LogP contribution in [0.15, 0.2) is 47.7 Å². The monoisotopic (exact) mass is 353 g/mol. The van der Waals surface area contributed by atoms with Gasteiger partial charge in [-0.2, -0.15) is 0 Å². The smallest absolute Gasteiger partial charge is 0.130 e. The molecule has 3 aromatic rings. The summed E-state index contributed by atoms with van der Waals surface area (Å²) >= 11 is 0. The third-order valence-electron chi connectivity index (χ3n) is 4.27. The van der Waals surface area contributed by atoms with Crippen LogP contribution >= 0.6 is 0 Å². The summed E-state index contributed by atoms with van der Waals surface area (Å²) in [6.07, 6.45) is 10.6. The van der Waals surface area contributed by atoms with Crippen LogP contribution in [0.2, 0.25) is 0 Å². The van der Waals surface area contributed by atoms with Crippen molar-refractivity contribution in [2.45, 2.75) is 52.7 Å². The molecule has 6 heteroatoms. The third kappa shape index (κ3) is 5.26. The molecule has 0 amide bonds. The van der Waals surface area contributed by atoms with Crippen molar-refractivity contribution in [3.05, 3.63) is 66.2 Å². The van der Waals surface area contributed by atoms with E-state index in [1.807, 2.05) is 44.1 Å². The van der Waals surface area contributed by atoms with Crippen molar-refractivity contribution in [3.63, 3.8) is 0 Å². The lowest BCUT2D eigenvalue weighted by atomic mass is 10.2. The molecule has 0 aliphatic rings. The van der Waals surface area contributed by atoms with Gasteiger partial charge in [-0.15, -0.1) is 0 Å². The summed E-state index contributed by atoms with van der Waals surface area (Å²) in [5, 5.41) is 0. The fourth-order valence-electron chi connectivity index (χ4n) is 2.90. The Bertz CT molecular complexity index is 777. The van der Waals surface area contributed by atoms with E-state index in [9.17, 15) is 0 Å². The van der Waals surface area contributed by atoms with Gasteiger partial charge in [0.2, 0.25) is 0 Å². The van der Waals surface area contributed by atoms with E-state index in [4.69, 9.17) is 4.42 Å². The van der Waals surface area contributed by atoms with Crippen LogP contribution in [0.5, 0.6) is 0 Å². The summed E-state index contributed by atoms with van der Waals surface area (Å²) in [4.78, 5) is 15.5. The third-order valence-corrected chi connectivity index (χ3v) is 4.27. The molecule has 0 radical (unpaired) electrons. The van der Waals surface area contributed by atoms with Gasteiger partial charge in [-0.25, -0.2) is 15.0 Å². The van der Waals surface area contributed by atoms with Crippen LogP contribution in [0, 0.1) is 6.92 Å². The SMILES string of the molecule is Cc1ccc(CN(CCCn2ccnc2)Cc2cnc(C(C)C)nc2)o1. The largest absolute Gasteiger partial charge is 0.465 e. The minimum absolute atomic E-state index is 0.349. The first-order chi connectivity index (χ1) is 12.6. The van der Waals surface area contributed by atoms with E-state index in [2.05, 4.69) is 44.3 Å². The molecule has 26 heavy (non-hydrogen) atoms. The number of rotatable bonds is 9. The summed E-state index contributed by atoms with van der Waals surface area (Å²) in [6.45, 7) is 9.70. The molecule has 0 aromatic carbocycles. The molecule has 0 spiro atoms. The topological polar surface area (TPSA) is 60.0 Å². The molecular weight excluding hydrogens is 326 g/mol. The Morgan fingerprint density at radius 3 is 2.58 bits per heavy atom. The average molecular weight is 353 g/mol. The Labute approximate surface area is 154 Å². The molecule has 6 nitrogen and oxygen atoms in total. The van der Waals surface area contributed by atoms with Crippen LogP contribution in [0.4, 0.5) is 0 Å². The van der Waals surface area contributed by atoms with Crippen molar-refractivity contribution in [1.82, 2.24) is 24.4 Å². The van der Waals surface area contributed by atoms with Gasteiger partial charge in [-0.05, 0) is 25.5 Å². The van der Waals surface area contributed by atoms with Crippen LogP contribution < -0.4 is 0 Å². The molecule has 0 bridgehead atoms. The Kier molecular flexibility index (Phi) is 6.17. The van der Waals surface area contributed by atoms with E-state index in [0.717, 1.165) is 55.5 Å². The zero-order chi connectivity index (χ0) is 18.4. The molecule has 0 unspecified atom stereocenters. The zero-order valence-electron chi connectivity index (χ0n) is 15.8. The standard InChI is InChI=1S/C20H27N5O/c1-16(2)20-22-11-18(12-23-20)13-25(14-19-6-5-17(3)26-19)9-4-8-24-10-7-21-15-24/h5-7,10-12,15-16H,4,8-9,13-14H2,1-3H3. The summed E-state index contributed by atoms with van der Waals surface area (Å²) in [6, 6.07) is 4.07. The summed E-state index contributed by atoms with van der Waals surface area (Å²) in [7, 11) is 0. The highest BCUT2D eigenvalue weighted by atomic mass is 16.3. The van der Waals surface area contributed by atoms with E-state index < -0.39 is 0 Å². The van der Waals surface area contributed by atoms with Gasteiger partial charge in [-0.3, -0.25) is 4.90 Å². The van der Waals surface area contributed by atoms with E-state index >= 15 is 0 Å². The quantitative estimate of drug-likeness (QED) is 0.586. The highest BCUT2D eigenvalue weighted by molar-refractivity contribution is 5.08. The first-order valence-corrected chi connectivity index (χ1v) is 9.14. The fourth-order valence-corrected chi connectivity index (χ4v) is 2.90. The van der Waals surface area contributed by atoms with E-state index in [0.29, 0.717) is 5.92 Å². The van der Waals surface area contributed by atoms with Crippen molar-refractivity contribution in [3.8, 4) is 0 Å². The number of hydrogen-bond donors (Lipinski definition) is 0. The van der Waals surface area contributed by atoms with Gasteiger partial charge in [0, 0.05) is 55.9 Å². The first-order valence-electron chi connectivity index (χ1n) is 9.14. The Balaban J connectivity index is 1.62. The molecule has 0 aliphatic carbocycles. The molecule has 0 aliphatic heterocycles. The molecule has 0 saturated heterocycles. The Hall–Kier alpha value is -2.47. The molecule has 0 saturated carbocycles. The average Bonchev–Trinajstić information content (AvgIpc) is 3.27. The predicted octanol–water partition coefficient (Wildman–Crippen LogP) is 3.79. The van der Waals surface area contributed by atoms with Gasteiger partial charge in [-0.1, -0.05) is 13.8 Å². The van der Waals surface area contributed by atoms with Gasteiger partial charge in [0.15, 0.2) is 0 Å². The van der Waals surface area contributed by atoms with Crippen molar-refractivity contribution in [2.75, 3.05) is 6.54 Å². The molecule has 0 N–H and O–H groups in total.